The number of hydrogen-bond donors (Lipinski definition) is 1. The van der Waals surface area contributed by atoms with Gasteiger partial charge >= 0.3 is 6.03 Å². The molecular weight excluding hydrogens is 336 g/mol. The summed E-state index contributed by atoms with van der Waals surface area (Å²) in [5.74, 6) is -0.109. The van der Waals surface area contributed by atoms with Crippen molar-refractivity contribution in [3.05, 3.63) is 71.1 Å². The van der Waals surface area contributed by atoms with Gasteiger partial charge in [0.2, 0.25) is 0 Å². The van der Waals surface area contributed by atoms with Crippen LogP contribution in [0.3, 0.4) is 0 Å². The molecular formula is C19H20N2O3S. The highest BCUT2D eigenvalue weighted by Crippen LogP contribution is 2.26. The molecule has 1 unspecified atom stereocenters. The minimum Gasteiger partial charge on any atom is -0.308 e. The van der Waals surface area contributed by atoms with Crippen molar-refractivity contribution < 1.29 is 13.2 Å². The average molecular weight is 356 g/mol. The number of carbonyl (C=O) groups is 1. The van der Waals surface area contributed by atoms with Gasteiger partial charge in [0.25, 0.3) is 0 Å². The van der Waals surface area contributed by atoms with Crippen LogP contribution in [0.2, 0.25) is 0 Å². The van der Waals surface area contributed by atoms with Gasteiger partial charge in [-0.15, -0.1) is 0 Å². The molecule has 2 aromatic rings. The Morgan fingerprint density at radius 1 is 1.08 bits per heavy atom. The standard InChI is InChI=1S/C19H20N2O3S/c1-14-8-9-17(12-15(14)2)21(18-10-11-25(23,24)13-18)19(22)20-16-6-4-3-5-7-16/h3-12,18H,13H2,1-2H3,(H,20,22). The van der Waals surface area contributed by atoms with E-state index in [1.165, 1.54) is 10.3 Å². The highest BCUT2D eigenvalue weighted by atomic mass is 32.2. The number of benzene rings is 2. The van der Waals surface area contributed by atoms with Crippen molar-refractivity contribution in [1.29, 1.82) is 0 Å². The zero-order valence-electron chi connectivity index (χ0n) is 14.1. The van der Waals surface area contributed by atoms with Crippen LogP contribution < -0.4 is 10.2 Å². The van der Waals surface area contributed by atoms with Crippen molar-refractivity contribution in [3.8, 4) is 0 Å². The molecule has 6 heteroatoms. The highest BCUT2D eigenvalue weighted by molar-refractivity contribution is 7.94. The maximum absolute atomic E-state index is 12.9. The zero-order chi connectivity index (χ0) is 18.0. The number of urea groups is 1. The van der Waals surface area contributed by atoms with Crippen molar-refractivity contribution in [2.24, 2.45) is 0 Å². The third-order valence-corrected chi connectivity index (χ3v) is 5.63. The smallest absolute Gasteiger partial charge is 0.308 e. The number of nitrogens with one attached hydrogen (secondary N) is 1. The number of amides is 2. The first-order valence-corrected chi connectivity index (χ1v) is 9.71. The van der Waals surface area contributed by atoms with Crippen LogP contribution in [0.5, 0.6) is 0 Å². The number of sulfone groups is 1. The molecule has 0 aliphatic carbocycles. The monoisotopic (exact) mass is 356 g/mol. The Morgan fingerprint density at radius 3 is 2.40 bits per heavy atom. The maximum atomic E-state index is 12.9. The second kappa shape index (κ2) is 6.72. The van der Waals surface area contributed by atoms with E-state index in [0.29, 0.717) is 11.4 Å². The van der Waals surface area contributed by atoms with Crippen LogP contribution in [0.4, 0.5) is 16.2 Å². The fourth-order valence-electron chi connectivity index (χ4n) is 2.76. The molecule has 0 bridgehead atoms. The molecule has 1 aliphatic rings. The average Bonchev–Trinajstić information content (AvgIpc) is 2.91. The van der Waals surface area contributed by atoms with Crippen molar-refractivity contribution >= 4 is 27.2 Å². The van der Waals surface area contributed by atoms with Crippen molar-refractivity contribution in [1.82, 2.24) is 0 Å². The minimum atomic E-state index is -3.28. The second-order valence-electron chi connectivity index (χ2n) is 6.16. The molecule has 1 atom stereocenters. The Bertz CT molecular complexity index is 921. The summed E-state index contributed by atoms with van der Waals surface area (Å²) in [5, 5.41) is 4.02. The summed E-state index contributed by atoms with van der Waals surface area (Å²) in [4.78, 5) is 14.4. The Labute approximate surface area is 147 Å². The summed E-state index contributed by atoms with van der Waals surface area (Å²) in [5.41, 5.74) is 3.48. The van der Waals surface area contributed by atoms with Crippen LogP contribution in [0.1, 0.15) is 11.1 Å². The van der Waals surface area contributed by atoms with Crippen LogP contribution in [0.25, 0.3) is 0 Å². The van der Waals surface area contributed by atoms with E-state index in [0.717, 1.165) is 11.1 Å². The molecule has 1 heterocycles. The fraction of sp³-hybridized carbons (Fsp3) is 0.211. The van der Waals surface area contributed by atoms with E-state index in [-0.39, 0.29) is 11.8 Å². The Balaban J connectivity index is 1.95. The van der Waals surface area contributed by atoms with Gasteiger partial charge in [0.15, 0.2) is 9.84 Å². The molecule has 5 nitrogen and oxygen atoms in total. The molecule has 3 rings (SSSR count). The molecule has 0 fully saturated rings. The summed E-state index contributed by atoms with van der Waals surface area (Å²) >= 11 is 0. The van der Waals surface area contributed by atoms with E-state index in [1.54, 1.807) is 18.2 Å². The molecule has 0 saturated heterocycles. The lowest BCUT2D eigenvalue weighted by Crippen LogP contribution is -2.43. The van der Waals surface area contributed by atoms with Gasteiger partial charge in [-0.1, -0.05) is 24.3 Å². The van der Waals surface area contributed by atoms with Gasteiger partial charge in [-0.25, -0.2) is 13.2 Å². The molecule has 25 heavy (non-hydrogen) atoms. The fourth-order valence-corrected chi connectivity index (χ4v) is 4.03. The summed E-state index contributed by atoms with van der Waals surface area (Å²) in [6.45, 7) is 3.96. The first kappa shape index (κ1) is 17.2. The maximum Gasteiger partial charge on any atom is 0.326 e. The van der Waals surface area contributed by atoms with Gasteiger partial charge in [-0.3, -0.25) is 4.90 Å². The summed E-state index contributed by atoms with van der Waals surface area (Å²) in [7, 11) is -3.28. The number of aryl methyl sites for hydroxylation is 2. The number of hydrogen-bond acceptors (Lipinski definition) is 3. The molecule has 130 valence electrons. The topological polar surface area (TPSA) is 66.5 Å². The van der Waals surface area contributed by atoms with Crippen molar-refractivity contribution in [2.75, 3.05) is 16.0 Å². The van der Waals surface area contributed by atoms with Gasteiger partial charge in [-0.05, 0) is 55.3 Å². The van der Waals surface area contributed by atoms with Crippen LogP contribution in [-0.2, 0) is 9.84 Å². The molecule has 0 aromatic heterocycles. The second-order valence-corrected chi connectivity index (χ2v) is 8.09. The minimum absolute atomic E-state index is 0.109. The van der Waals surface area contributed by atoms with Gasteiger partial charge in [-0.2, -0.15) is 0 Å². The first-order valence-electron chi connectivity index (χ1n) is 7.99. The largest absolute Gasteiger partial charge is 0.326 e. The zero-order valence-corrected chi connectivity index (χ0v) is 15.0. The van der Waals surface area contributed by atoms with E-state index < -0.39 is 15.9 Å². The van der Waals surface area contributed by atoms with Crippen molar-refractivity contribution in [3.63, 3.8) is 0 Å². The molecule has 0 radical (unpaired) electrons. The Hall–Kier alpha value is -2.60. The third kappa shape index (κ3) is 3.91. The molecule has 2 aromatic carbocycles. The lowest BCUT2D eigenvalue weighted by atomic mass is 10.1. The van der Waals surface area contributed by atoms with Crippen molar-refractivity contribution in [2.45, 2.75) is 19.9 Å². The number of nitrogens with zero attached hydrogens (tertiary/aromatic N) is 1. The lowest BCUT2D eigenvalue weighted by molar-refractivity contribution is 0.256. The number of anilines is 2. The van der Waals surface area contributed by atoms with E-state index in [1.807, 2.05) is 50.2 Å². The van der Waals surface area contributed by atoms with Gasteiger partial charge < -0.3 is 5.32 Å². The molecule has 1 aliphatic heterocycles. The van der Waals surface area contributed by atoms with Gasteiger partial charge in [0.05, 0.1) is 11.8 Å². The Kier molecular flexibility index (Phi) is 4.63. The summed E-state index contributed by atoms with van der Waals surface area (Å²) in [6, 6.07) is 13.9. The number of rotatable bonds is 3. The van der Waals surface area contributed by atoms with E-state index in [9.17, 15) is 13.2 Å². The molecule has 0 spiro atoms. The van der Waals surface area contributed by atoms with Crippen LogP contribution >= 0.6 is 0 Å². The number of carbonyl (C=O) groups excluding carboxylic acids is 1. The molecule has 2 amide bonds. The quantitative estimate of drug-likeness (QED) is 0.913. The lowest BCUT2D eigenvalue weighted by Gasteiger charge is -2.28. The van der Waals surface area contributed by atoms with Crippen LogP contribution in [-0.4, -0.2) is 26.2 Å². The highest BCUT2D eigenvalue weighted by Gasteiger charge is 2.31. The van der Waals surface area contributed by atoms with E-state index >= 15 is 0 Å². The number of para-hydroxylation sites is 1. The predicted molar refractivity (Wildman–Crippen MR) is 101 cm³/mol. The van der Waals surface area contributed by atoms with Gasteiger partial charge in [0.1, 0.15) is 0 Å². The SMILES string of the molecule is Cc1ccc(N(C(=O)Nc2ccccc2)C2C=CS(=O)(=O)C2)cc1C. The summed E-state index contributed by atoms with van der Waals surface area (Å²) < 4.78 is 23.7. The normalized spacial score (nSPS) is 18.1. The molecule has 0 saturated carbocycles. The molecule has 1 N–H and O–H groups in total. The predicted octanol–water partition coefficient (Wildman–Crippen LogP) is 3.65. The van der Waals surface area contributed by atoms with E-state index in [4.69, 9.17) is 0 Å². The van der Waals surface area contributed by atoms with Gasteiger partial charge in [0, 0.05) is 16.8 Å². The van der Waals surface area contributed by atoms with Crippen LogP contribution in [0, 0.1) is 13.8 Å². The van der Waals surface area contributed by atoms with Crippen LogP contribution in [0.15, 0.2) is 60.0 Å². The summed E-state index contributed by atoms with van der Waals surface area (Å²) in [6.07, 6.45) is 1.56. The Morgan fingerprint density at radius 2 is 1.80 bits per heavy atom. The van der Waals surface area contributed by atoms with E-state index in [2.05, 4.69) is 5.32 Å². The third-order valence-electron chi connectivity index (χ3n) is 4.26. The first-order chi connectivity index (χ1) is 11.9.